The molecule has 110 valence electrons. The average Bonchev–Trinajstić information content (AvgIpc) is 2.62. The van der Waals surface area contributed by atoms with Gasteiger partial charge in [-0.3, -0.25) is 0 Å². The molecule has 3 aromatic rings. The Kier molecular flexibility index (Phi) is 4.35. The van der Waals surface area contributed by atoms with Crippen LogP contribution in [0.1, 0.15) is 5.56 Å². The van der Waals surface area contributed by atoms with Crippen molar-refractivity contribution in [3.63, 3.8) is 0 Å². The zero-order valence-electron chi connectivity index (χ0n) is 12.1. The van der Waals surface area contributed by atoms with Crippen LogP contribution in [0.3, 0.4) is 0 Å². The van der Waals surface area contributed by atoms with Gasteiger partial charge in [0, 0.05) is 0 Å². The van der Waals surface area contributed by atoms with Gasteiger partial charge in [-0.25, -0.2) is 4.89 Å². The lowest BCUT2D eigenvalue weighted by Crippen LogP contribution is -2.30. The van der Waals surface area contributed by atoms with Crippen molar-refractivity contribution in [1.82, 2.24) is 0 Å². The molecule has 0 radical (unpaired) electrons. The van der Waals surface area contributed by atoms with Gasteiger partial charge in [0.25, 0.3) is 0 Å². The molecule has 0 heterocycles. The molecule has 0 saturated carbocycles. The molecule has 0 aliphatic carbocycles. The van der Waals surface area contributed by atoms with Crippen molar-refractivity contribution in [3.8, 4) is 0 Å². The molecule has 2 N–H and O–H groups in total. The molecule has 0 aromatic heterocycles. The monoisotopic (exact) mass is 309 g/mol. The second kappa shape index (κ2) is 6.41. The first-order chi connectivity index (χ1) is 10.7. The number of aliphatic hydroxyl groups excluding tert-OH is 1. The maximum atomic E-state index is 11.6. The predicted molar refractivity (Wildman–Crippen MR) is 93.3 cm³/mol. The summed E-state index contributed by atoms with van der Waals surface area (Å²) in [6, 6.07) is 27.2. The lowest BCUT2D eigenvalue weighted by molar-refractivity contribution is 0.282. The van der Waals surface area contributed by atoms with E-state index in [1.54, 1.807) is 0 Å². The standard InChI is InChI=1S/C19H18O2P/c20-15-16-11-13-19(14-12-16)22(21,17-7-3-1-4-8-17)18-9-5-2-6-10-18/h1-14,20-21H,15H2/q+1. The Bertz CT molecular complexity index is 685. The molecule has 22 heavy (non-hydrogen) atoms. The summed E-state index contributed by atoms with van der Waals surface area (Å²) >= 11 is 0. The van der Waals surface area contributed by atoms with E-state index in [1.807, 2.05) is 84.9 Å². The highest BCUT2D eigenvalue weighted by atomic mass is 31.2. The molecule has 0 fully saturated rings. The number of rotatable bonds is 4. The fourth-order valence-corrected chi connectivity index (χ4v) is 5.23. The second-order valence-corrected chi connectivity index (χ2v) is 7.95. The van der Waals surface area contributed by atoms with Crippen molar-refractivity contribution in [1.29, 1.82) is 0 Å². The van der Waals surface area contributed by atoms with E-state index in [4.69, 9.17) is 0 Å². The Hall–Kier alpha value is -1.99. The molecule has 3 rings (SSSR count). The molecule has 3 aromatic carbocycles. The van der Waals surface area contributed by atoms with Gasteiger partial charge in [-0.2, -0.15) is 0 Å². The van der Waals surface area contributed by atoms with Crippen LogP contribution in [0.5, 0.6) is 0 Å². The van der Waals surface area contributed by atoms with Gasteiger partial charge in [0.15, 0.2) is 0 Å². The van der Waals surface area contributed by atoms with Gasteiger partial charge in [0.1, 0.15) is 15.9 Å². The lowest BCUT2D eigenvalue weighted by Gasteiger charge is -2.20. The van der Waals surface area contributed by atoms with E-state index in [1.165, 1.54) is 0 Å². The van der Waals surface area contributed by atoms with Crippen LogP contribution in [-0.2, 0) is 6.61 Å². The van der Waals surface area contributed by atoms with E-state index in [9.17, 15) is 10.00 Å². The van der Waals surface area contributed by atoms with Crippen molar-refractivity contribution in [2.24, 2.45) is 0 Å². The first-order valence-corrected chi connectivity index (χ1v) is 8.92. The molecule has 0 saturated heterocycles. The number of hydrogen-bond donors (Lipinski definition) is 2. The van der Waals surface area contributed by atoms with Crippen LogP contribution < -0.4 is 15.9 Å². The van der Waals surface area contributed by atoms with Crippen LogP contribution in [0, 0.1) is 0 Å². The zero-order valence-corrected chi connectivity index (χ0v) is 13.0. The third kappa shape index (κ3) is 2.69. The Morgan fingerprint density at radius 3 is 1.41 bits per heavy atom. The van der Waals surface area contributed by atoms with Crippen LogP contribution in [0.15, 0.2) is 84.9 Å². The maximum Gasteiger partial charge on any atom is 0.238 e. The molecule has 3 heteroatoms. The Labute approximate surface area is 131 Å². The smallest absolute Gasteiger partial charge is 0.238 e. The highest BCUT2D eigenvalue weighted by Crippen LogP contribution is 2.50. The van der Waals surface area contributed by atoms with Gasteiger partial charge < -0.3 is 5.11 Å². The minimum absolute atomic E-state index is 0.00776. The molecule has 0 unspecified atom stereocenters. The Balaban J connectivity index is 2.18. The van der Waals surface area contributed by atoms with Gasteiger partial charge in [0.05, 0.1) is 6.61 Å². The van der Waals surface area contributed by atoms with Crippen LogP contribution >= 0.6 is 7.49 Å². The fourth-order valence-electron chi connectivity index (χ4n) is 2.55. The van der Waals surface area contributed by atoms with Crippen LogP contribution in [-0.4, -0.2) is 10.00 Å². The molecule has 0 aliphatic rings. The molecule has 0 atom stereocenters. The van der Waals surface area contributed by atoms with Crippen molar-refractivity contribution >= 4 is 23.4 Å². The van der Waals surface area contributed by atoms with Gasteiger partial charge in [-0.05, 0) is 42.0 Å². The van der Waals surface area contributed by atoms with Gasteiger partial charge in [-0.15, -0.1) is 0 Å². The third-order valence-corrected chi connectivity index (χ3v) is 6.89. The molecule has 0 spiro atoms. The highest BCUT2D eigenvalue weighted by molar-refractivity contribution is 7.91. The summed E-state index contributed by atoms with van der Waals surface area (Å²) in [5.74, 6) is 0. The normalized spacial score (nSPS) is 11.4. The minimum Gasteiger partial charge on any atom is -0.392 e. The first-order valence-electron chi connectivity index (χ1n) is 7.18. The summed E-state index contributed by atoms with van der Waals surface area (Å²) in [6.45, 7) is 0.00776. The van der Waals surface area contributed by atoms with Gasteiger partial charge in [0.2, 0.25) is 7.49 Å². The summed E-state index contributed by atoms with van der Waals surface area (Å²) < 4.78 is 0. The van der Waals surface area contributed by atoms with Crippen LogP contribution in [0.4, 0.5) is 0 Å². The molecule has 0 bridgehead atoms. The van der Waals surface area contributed by atoms with Crippen molar-refractivity contribution in [2.75, 3.05) is 0 Å². The van der Waals surface area contributed by atoms with Crippen molar-refractivity contribution in [3.05, 3.63) is 90.5 Å². The topological polar surface area (TPSA) is 40.5 Å². The largest absolute Gasteiger partial charge is 0.392 e. The zero-order chi connectivity index (χ0) is 15.4. The molecule has 0 aliphatic heterocycles. The minimum atomic E-state index is -2.64. The lowest BCUT2D eigenvalue weighted by atomic mass is 10.2. The van der Waals surface area contributed by atoms with E-state index < -0.39 is 7.49 Å². The third-order valence-electron chi connectivity index (χ3n) is 3.75. The number of benzene rings is 3. The number of hydrogen-bond acceptors (Lipinski definition) is 2. The van der Waals surface area contributed by atoms with Crippen LogP contribution in [0.2, 0.25) is 0 Å². The summed E-state index contributed by atoms with van der Waals surface area (Å²) in [4.78, 5) is 11.6. The maximum absolute atomic E-state index is 11.6. The SMILES string of the molecule is OCc1ccc([P+](O)(c2ccccc2)c2ccccc2)cc1. The van der Waals surface area contributed by atoms with Gasteiger partial charge in [-0.1, -0.05) is 48.5 Å². The summed E-state index contributed by atoms with van der Waals surface area (Å²) in [5.41, 5.74) is 0.844. The van der Waals surface area contributed by atoms with E-state index in [-0.39, 0.29) is 6.61 Å². The van der Waals surface area contributed by atoms with Crippen molar-refractivity contribution < 1.29 is 10.00 Å². The quantitative estimate of drug-likeness (QED) is 0.727. The van der Waals surface area contributed by atoms with E-state index in [2.05, 4.69) is 0 Å². The van der Waals surface area contributed by atoms with Gasteiger partial charge >= 0.3 is 0 Å². The van der Waals surface area contributed by atoms with Crippen molar-refractivity contribution in [2.45, 2.75) is 6.61 Å². The van der Waals surface area contributed by atoms with E-state index >= 15 is 0 Å². The highest BCUT2D eigenvalue weighted by Gasteiger charge is 2.43. The second-order valence-electron chi connectivity index (χ2n) is 5.13. The number of aliphatic hydroxyl groups is 1. The summed E-state index contributed by atoms with van der Waals surface area (Å²) in [6.07, 6.45) is 0. The average molecular weight is 309 g/mol. The Morgan fingerprint density at radius 2 is 1.00 bits per heavy atom. The summed E-state index contributed by atoms with van der Waals surface area (Å²) in [5, 5.41) is 12.0. The molecular weight excluding hydrogens is 291 g/mol. The fraction of sp³-hybridized carbons (Fsp3) is 0.0526. The van der Waals surface area contributed by atoms with E-state index in [0.717, 1.165) is 21.5 Å². The van der Waals surface area contributed by atoms with Crippen LogP contribution in [0.25, 0.3) is 0 Å². The van der Waals surface area contributed by atoms with E-state index in [0.29, 0.717) is 0 Å². The summed E-state index contributed by atoms with van der Waals surface area (Å²) in [7, 11) is -2.64. The molecular formula is C19H18O2P+. The Morgan fingerprint density at radius 1 is 0.591 bits per heavy atom. The molecule has 2 nitrogen and oxygen atoms in total. The first kappa shape index (κ1) is 14.9. The molecule has 0 amide bonds. The predicted octanol–water partition coefficient (Wildman–Crippen LogP) is 2.38.